The summed E-state index contributed by atoms with van der Waals surface area (Å²) in [5, 5.41) is 0.123. The van der Waals surface area contributed by atoms with E-state index in [-0.39, 0.29) is 16.8 Å². The Kier molecular flexibility index (Phi) is 5.38. The van der Waals surface area contributed by atoms with Gasteiger partial charge in [-0.15, -0.1) is 11.6 Å². The highest BCUT2D eigenvalue weighted by Crippen LogP contribution is 2.21. The number of benzene rings is 2. The van der Waals surface area contributed by atoms with Crippen molar-refractivity contribution in [2.24, 2.45) is 5.92 Å². The summed E-state index contributed by atoms with van der Waals surface area (Å²) in [5.41, 5.74) is 1.98. The maximum atomic E-state index is 13.1. The molecular formula is C16H14Cl2F2. The summed E-state index contributed by atoms with van der Waals surface area (Å²) in [6, 6.07) is 11.1. The van der Waals surface area contributed by atoms with Crippen molar-refractivity contribution in [3.05, 3.63) is 70.2 Å². The second-order valence-corrected chi connectivity index (χ2v) is 5.52. The molecule has 2 rings (SSSR count). The van der Waals surface area contributed by atoms with E-state index in [1.165, 1.54) is 18.2 Å². The van der Waals surface area contributed by atoms with Crippen LogP contribution >= 0.6 is 23.2 Å². The molecular weight excluding hydrogens is 301 g/mol. The summed E-state index contributed by atoms with van der Waals surface area (Å²) >= 11 is 11.8. The minimum absolute atomic E-state index is 0.123. The van der Waals surface area contributed by atoms with Crippen LogP contribution in [0.5, 0.6) is 0 Å². The lowest BCUT2D eigenvalue weighted by atomic mass is 9.94. The molecule has 0 N–H and O–H groups in total. The standard InChI is InChI=1S/C16H14Cl2F2/c17-10-13(7-11-1-4-14(19)5-2-11)8-12-3-6-16(20)15(18)9-12/h1-6,9,13H,7-8,10H2. The fourth-order valence-electron chi connectivity index (χ4n) is 2.14. The molecule has 2 aromatic rings. The van der Waals surface area contributed by atoms with Crippen molar-refractivity contribution < 1.29 is 8.78 Å². The average molecular weight is 315 g/mol. The number of hydrogen-bond acceptors (Lipinski definition) is 0. The first-order valence-electron chi connectivity index (χ1n) is 6.33. The zero-order valence-electron chi connectivity index (χ0n) is 10.8. The van der Waals surface area contributed by atoms with Crippen LogP contribution in [0.2, 0.25) is 5.02 Å². The Hall–Kier alpha value is -1.12. The van der Waals surface area contributed by atoms with E-state index in [1.54, 1.807) is 24.3 Å². The fraction of sp³-hybridized carbons (Fsp3) is 0.250. The summed E-state index contributed by atoms with van der Waals surface area (Å²) in [6.45, 7) is 0. The quantitative estimate of drug-likeness (QED) is 0.660. The zero-order valence-corrected chi connectivity index (χ0v) is 12.3. The Labute approximate surface area is 127 Å². The van der Waals surface area contributed by atoms with Gasteiger partial charge in [-0.3, -0.25) is 0 Å². The number of alkyl halides is 1. The van der Waals surface area contributed by atoms with Gasteiger partial charge in [0.15, 0.2) is 0 Å². The molecule has 20 heavy (non-hydrogen) atoms. The molecule has 0 bridgehead atoms. The van der Waals surface area contributed by atoms with Crippen molar-refractivity contribution >= 4 is 23.2 Å². The lowest BCUT2D eigenvalue weighted by molar-refractivity contribution is 0.578. The SMILES string of the molecule is Fc1ccc(CC(CCl)Cc2ccc(F)c(Cl)c2)cc1. The first-order valence-corrected chi connectivity index (χ1v) is 7.24. The predicted octanol–water partition coefficient (Wildman–Crippen LogP) is 5.26. The van der Waals surface area contributed by atoms with Gasteiger partial charge in [0, 0.05) is 5.88 Å². The van der Waals surface area contributed by atoms with Crippen molar-refractivity contribution in [2.75, 3.05) is 5.88 Å². The lowest BCUT2D eigenvalue weighted by Gasteiger charge is -2.14. The van der Waals surface area contributed by atoms with Crippen LogP contribution < -0.4 is 0 Å². The molecule has 0 aliphatic carbocycles. The Morgan fingerprint density at radius 2 is 1.50 bits per heavy atom. The van der Waals surface area contributed by atoms with Gasteiger partial charge in [-0.2, -0.15) is 0 Å². The highest BCUT2D eigenvalue weighted by Gasteiger charge is 2.11. The smallest absolute Gasteiger partial charge is 0.141 e. The number of rotatable bonds is 5. The maximum absolute atomic E-state index is 13.1. The fourth-order valence-corrected chi connectivity index (χ4v) is 2.56. The topological polar surface area (TPSA) is 0 Å². The molecule has 0 spiro atoms. The van der Waals surface area contributed by atoms with Crippen molar-refractivity contribution in [3.63, 3.8) is 0 Å². The molecule has 0 heterocycles. The third-order valence-electron chi connectivity index (χ3n) is 3.16. The van der Waals surface area contributed by atoms with Gasteiger partial charge in [-0.05, 0) is 54.2 Å². The van der Waals surface area contributed by atoms with Gasteiger partial charge >= 0.3 is 0 Å². The van der Waals surface area contributed by atoms with E-state index in [0.717, 1.165) is 17.5 Å². The second-order valence-electron chi connectivity index (χ2n) is 4.80. The molecule has 0 saturated heterocycles. The Balaban J connectivity index is 2.04. The zero-order chi connectivity index (χ0) is 14.5. The molecule has 2 aromatic carbocycles. The largest absolute Gasteiger partial charge is 0.207 e. The van der Waals surface area contributed by atoms with E-state index >= 15 is 0 Å². The van der Waals surface area contributed by atoms with Crippen LogP contribution in [0.15, 0.2) is 42.5 Å². The number of hydrogen-bond donors (Lipinski definition) is 0. The molecule has 0 saturated carbocycles. The van der Waals surface area contributed by atoms with Gasteiger partial charge in [0.25, 0.3) is 0 Å². The summed E-state index contributed by atoms with van der Waals surface area (Å²) < 4.78 is 26.0. The highest BCUT2D eigenvalue weighted by atomic mass is 35.5. The minimum atomic E-state index is -0.420. The van der Waals surface area contributed by atoms with E-state index in [4.69, 9.17) is 23.2 Å². The van der Waals surface area contributed by atoms with Crippen LogP contribution in [0.4, 0.5) is 8.78 Å². The summed E-state index contributed by atoms with van der Waals surface area (Å²) in [5.74, 6) is 0.00773. The molecule has 1 unspecified atom stereocenters. The van der Waals surface area contributed by atoms with Gasteiger partial charge in [0.05, 0.1) is 5.02 Å². The molecule has 0 amide bonds. The minimum Gasteiger partial charge on any atom is -0.207 e. The maximum Gasteiger partial charge on any atom is 0.141 e. The summed E-state index contributed by atoms with van der Waals surface area (Å²) in [6.07, 6.45) is 1.46. The second kappa shape index (κ2) is 7.05. The molecule has 0 nitrogen and oxygen atoms in total. The molecule has 0 aliphatic heterocycles. The predicted molar refractivity (Wildman–Crippen MR) is 79.4 cm³/mol. The van der Waals surface area contributed by atoms with Gasteiger partial charge in [-0.25, -0.2) is 8.78 Å². The summed E-state index contributed by atoms with van der Waals surface area (Å²) in [4.78, 5) is 0. The first-order chi connectivity index (χ1) is 9.58. The highest BCUT2D eigenvalue weighted by molar-refractivity contribution is 6.30. The van der Waals surface area contributed by atoms with E-state index in [1.807, 2.05) is 0 Å². The summed E-state index contributed by atoms with van der Waals surface area (Å²) in [7, 11) is 0. The Bertz CT molecular complexity index is 567. The van der Waals surface area contributed by atoms with E-state index in [2.05, 4.69) is 0 Å². The third kappa shape index (κ3) is 4.19. The van der Waals surface area contributed by atoms with E-state index < -0.39 is 5.82 Å². The Morgan fingerprint density at radius 1 is 0.900 bits per heavy atom. The van der Waals surface area contributed by atoms with Crippen LogP contribution in [-0.4, -0.2) is 5.88 Å². The monoisotopic (exact) mass is 314 g/mol. The van der Waals surface area contributed by atoms with Crippen LogP contribution in [0.3, 0.4) is 0 Å². The average Bonchev–Trinajstić information content (AvgIpc) is 2.44. The van der Waals surface area contributed by atoms with Gasteiger partial charge in [0.1, 0.15) is 11.6 Å². The molecule has 0 aliphatic rings. The number of halogens is 4. The molecule has 0 radical (unpaired) electrons. The van der Waals surface area contributed by atoms with Gasteiger partial charge in [0.2, 0.25) is 0 Å². The van der Waals surface area contributed by atoms with Crippen LogP contribution in [0.1, 0.15) is 11.1 Å². The van der Waals surface area contributed by atoms with Crippen LogP contribution in [0, 0.1) is 17.6 Å². The Morgan fingerprint density at radius 3 is 2.10 bits per heavy atom. The van der Waals surface area contributed by atoms with Gasteiger partial charge < -0.3 is 0 Å². The van der Waals surface area contributed by atoms with Crippen LogP contribution in [0.25, 0.3) is 0 Å². The molecule has 4 heteroatoms. The molecule has 106 valence electrons. The first kappa shape index (κ1) is 15.3. The van der Waals surface area contributed by atoms with Crippen molar-refractivity contribution in [1.29, 1.82) is 0 Å². The normalized spacial score (nSPS) is 12.4. The lowest BCUT2D eigenvalue weighted by Crippen LogP contribution is -2.10. The van der Waals surface area contributed by atoms with Gasteiger partial charge in [-0.1, -0.05) is 29.8 Å². The molecule has 0 fully saturated rings. The molecule has 0 aromatic heterocycles. The van der Waals surface area contributed by atoms with Crippen molar-refractivity contribution in [3.8, 4) is 0 Å². The van der Waals surface area contributed by atoms with Crippen molar-refractivity contribution in [1.82, 2.24) is 0 Å². The molecule has 1 atom stereocenters. The van der Waals surface area contributed by atoms with E-state index in [9.17, 15) is 8.78 Å². The van der Waals surface area contributed by atoms with E-state index in [0.29, 0.717) is 12.3 Å². The van der Waals surface area contributed by atoms with Crippen LogP contribution in [-0.2, 0) is 12.8 Å². The third-order valence-corrected chi connectivity index (χ3v) is 3.89. The van der Waals surface area contributed by atoms with Crippen molar-refractivity contribution in [2.45, 2.75) is 12.8 Å².